The molecule has 1 aromatic heterocycles. The molecule has 94 valence electrons. The molecule has 4 nitrogen and oxygen atoms in total. The highest BCUT2D eigenvalue weighted by atomic mass is 79.9. The minimum Gasteiger partial charge on any atom is -0.353 e. The van der Waals surface area contributed by atoms with E-state index in [2.05, 4.69) is 49.5 Å². The van der Waals surface area contributed by atoms with Gasteiger partial charge in [-0.1, -0.05) is 6.92 Å². The molecule has 1 aliphatic heterocycles. The summed E-state index contributed by atoms with van der Waals surface area (Å²) in [4.78, 5) is 13.2. The summed E-state index contributed by atoms with van der Waals surface area (Å²) in [7, 11) is 0. The summed E-state index contributed by atoms with van der Waals surface area (Å²) in [6.45, 7) is 8.87. The fourth-order valence-electron chi connectivity index (χ4n) is 2.17. The van der Waals surface area contributed by atoms with E-state index in [0.717, 1.165) is 36.5 Å². The van der Waals surface area contributed by atoms with Crippen molar-refractivity contribution in [3.05, 3.63) is 17.0 Å². The number of rotatable bonds is 3. The molecule has 5 heteroatoms. The molecule has 2 rings (SSSR count). The van der Waals surface area contributed by atoms with Crippen LogP contribution < -0.4 is 4.90 Å². The molecule has 1 saturated heterocycles. The summed E-state index contributed by atoms with van der Waals surface area (Å²) >= 11 is 3.51. The fourth-order valence-corrected chi connectivity index (χ4v) is 2.64. The Morgan fingerprint density at radius 3 is 2.65 bits per heavy atom. The van der Waals surface area contributed by atoms with E-state index in [1.165, 1.54) is 6.42 Å². The maximum Gasteiger partial charge on any atom is 0.146 e. The molecule has 1 unspecified atom stereocenters. The summed E-state index contributed by atoms with van der Waals surface area (Å²) in [5, 5.41) is 0. The molecule has 17 heavy (non-hydrogen) atoms. The maximum absolute atomic E-state index is 4.34. The molecule has 1 fully saturated rings. The van der Waals surface area contributed by atoms with Crippen LogP contribution in [0, 0.1) is 0 Å². The number of hydrogen-bond acceptors (Lipinski definition) is 4. The van der Waals surface area contributed by atoms with Crippen molar-refractivity contribution in [1.29, 1.82) is 0 Å². The number of anilines is 1. The zero-order chi connectivity index (χ0) is 12.3. The first-order chi connectivity index (χ1) is 8.22. The van der Waals surface area contributed by atoms with Crippen LogP contribution in [0.3, 0.4) is 0 Å². The Balaban J connectivity index is 1.98. The highest BCUT2D eigenvalue weighted by Gasteiger charge is 2.21. The minimum absolute atomic E-state index is 0.686. The van der Waals surface area contributed by atoms with Crippen molar-refractivity contribution in [3.63, 3.8) is 0 Å². The van der Waals surface area contributed by atoms with Crippen LogP contribution in [0.25, 0.3) is 0 Å². The van der Waals surface area contributed by atoms with Gasteiger partial charge in [-0.15, -0.1) is 0 Å². The first-order valence-corrected chi connectivity index (χ1v) is 6.96. The first-order valence-electron chi connectivity index (χ1n) is 6.17. The molecular weight excluding hydrogens is 280 g/mol. The maximum atomic E-state index is 4.34. The van der Waals surface area contributed by atoms with E-state index in [1.807, 2.05) is 6.20 Å². The Hall–Kier alpha value is -0.680. The topological polar surface area (TPSA) is 32.3 Å². The predicted molar refractivity (Wildman–Crippen MR) is 73.3 cm³/mol. The second-order valence-corrected chi connectivity index (χ2v) is 5.33. The van der Waals surface area contributed by atoms with E-state index in [4.69, 9.17) is 0 Å². The van der Waals surface area contributed by atoms with Crippen LogP contribution in [0.1, 0.15) is 20.3 Å². The van der Waals surface area contributed by atoms with Gasteiger partial charge in [0.25, 0.3) is 0 Å². The van der Waals surface area contributed by atoms with Gasteiger partial charge < -0.3 is 4.90 Å². The van der Waals surface area contributed by atoms with Crippen molar-refractivity contribution in [2.24, 2.45) is 0 Å². The molecule has 0 spiro atoms. The summed E-state index contributed by atoms with van der Waals surface area (Å²) < 4.78 is 0.983. The van der Waals surface area contributed by atoms with E-state index >= 15 is 0 Å². The Bertz CT molecular complexity index is 363. The van der Waals surface area contributed by atoms with Crippen LogP contribution >= 0.6 is 15.9 Å². The van der Waals surface area contributed by atoms with Crippen LogP contribution in [-0.4, -0.2) is 47.1 Å². The molecule has 1 atom stereocenters. The lowest BCUT2D eigenvalue weighted by Crippen LogP contribution is -2.49. The van der Waals surface area contributed by atoms with Crippen molar-refractivity contribution in [2.75, 3.05) is 31.1 Å². The van der Waals surface area contributed by atoms with Crippen LogP contribution in [-0.2, 0) is 0 Å². The van der Waals surface area contributed by atoms with Crippen molar-refractivity contribution in [3.8, 4) is 0 Å². The smallest absolute Gasteiger partial charge is 0.146 e. The average molecular weight is 299 g/mol. The molecule has 1 aliphatic rings. The molecule has 0 radical (unpaired) electrons. The standard InChI is InChI=1S/C12H19BrN4/c1-3-10(2)16-4-6-17(7-5-16)12-11(13)8-14-9-15-12/h8-10H,3-7H2,1-2H3. The van der Waals surface area contributed by atoms with Gasteiger partial charge in [0.15, 0.2) is 0 Å². The highest BCUT2D eigenvalue weighted by molar-refractivity contribution is 9.10. The summed E-state index contributed by atoms with van der Waals surface area (Å²) in [6, 6.07) is 0.686. The van der Waals surface area contributed by atoms with Crippen molar-refractivity contribution >= 4 is 21.7 Å². The first kappa shape index (κ1) is 12.8. The van der Waals surface area contributed by atoms with Gasteiger partial charge in [-0.05, 0) is 29.3 Å². The van der Waals surface area contributed by atoms with E-state index in [9.17, 15) is 0 Å². The van der Waals surface area contributed by atoms with Crippen molar-refractivity contribution in [2.45, 2.75) is 26.3 Å². The van der Waals surface area contributed by atoms with E-state index in [-0.39, 0.29) is 0 Å². The number of halogens is 1. The van der Waals surface area contributed by atoms with E-state index < -0.39 is 0 Å². The van der Waals surface area contributed by atoms with Crippen molar-refractivity contribution < 1.29 is 0 Å². The highest BCUT2D eigenvalue weighted by Crippen LogP contribution is 2.23. The van der Waals surface area contributed by atoms with Gasteiger partial charge in [-0.2, -0.15) is 0 Å². The Morgan fingerprint density at radius 2 is 2.06 bits per heavy atom. The van der Waals surface area contributed by atoms with Gasteiger partial charge in [-0.25, -0.2) is 9.97 Å². The molecule has 0 N–H and O–H groups in total. The minimum atomic E-state index is 0.686. The third kappa shape index (κ3) is 2.96. The van der Waals surface area contributed by atoms with Gasteiger partial charge in [0, 0.05) is 38.4 Å². The van der Waals surface area contributed by atoms with Crippen LogP contribution in [0.2, 0.25) is 0 Å². The average Bonchev–Trinajstić information content (AvgIpc) is 2.39. The number of aromatic nitrogens is 2. The molecule has 2 heterocycles. The number of hydrogen-bond donors (Lipinski definition) is 0. The molecular formula is C12H19BrN4. The zero-order valence-corrected chi connectivity index (χ0v) is 12.0. The lowest BCUT2D eigenvalue weighted by atomic mass is 10.2. The van der Waals surface area contributed by atoms with E-state index in [1.54, 1.807) is 6.33 Å². The lowest BCUT2D eigenvalue weighted by molar-refractivity contribution is 0.192. The molecule has 0 aliphatic carbocycles. The van der Waals surface area contributed by atoms with Crippen LogP contribution in [0.15, 0.2) is 17.0 Å². The quantitative estimate of drug-likeness (QED) is 0.856. The summed E-state index contributed by atoms with van der Waals surface area (Å²) in [5.41, 5.74) is 0. The van der Waals surface area contributed by atoms with Crippen LogP contribution in [0.5, 0.6) is 0 Å². The fraction of sp³-hybridized carbons (Fsp3) is 0.667. The monoisotopic (exact) mass is 298 g/mol. The molecule has 0 saturated carbocycles. The SMILES string of the molecule is CCC(C)N1CCN(c2ncncc2Br)CC1. The Morgan fingerprint density at radius 1 is 1.35 bits per heavy atom. The number of piperazine rings is 1. The number of nitrogens with zero attached hydrogens (tertiary/aromatic N) is 4. The largest absolute Gasteiger partial charge is 0.353 e. The van der Waals surface area contributed by atoms with Gasteiger partial charge in [0.1, 0.15) is 12.1 Å². The summed E-state index contributed by atoms with van der Waals surface area (Å²) in [5.74, 6) is 1.02. The normalized spacial score (nSPS) is 19.4. The van der Waals surface area contributed by atoms with Gasteiger partial charge in [0.05, 0.1) is 4.47 Å². The molecule has 0 bridgehead atoms. The van der Waals surface area contributed by atoms with Crippen molar-refractivity contribution in [1.82, 2.24) is 14.9 Å². The van der Waals surface area contributed by atoms with Gasteiger partial charge in [-0.3, -0.25) is 4.90 Å². The Kier molecular flexibility index (Phi) is 4.34. The zero-order valence-electron chi connectivity index (χ0n) is 10.4. The molecule has 0 aromatic carbocycles. The second kappa shape index (κ2) is 5.78. The molecule has 1 aromatic rings. The predicted octanol–water partition coefficient (Wildman–Crippen LogP) is 2.16. The van der Waals surface area contributed by atoms with E-state index in [0.29, 0.717) is 6.04 Å². The third-order valence-electron chi connectivity index (χ3n) is 3.48. The van der Waals surface area contributed by atoms with Gasteiger partial charge in [0.2, 0.25) is 0 Å². The van der Waals surface area contributed by atoms with Gasteiger partial charge >= 0.3 is 0 Å². The third-order valence-corrected chi connectivity index (χ3v) is 4.04. The lowest BCUT2D eigenvalue weighted by Gasteiger charge is -2.38. The Labute approximate surface area is 111 Å². The summed E-state index contributed by atoms with van der Waals surface area (Å²) in [6.07, 6.45) is 4.64. The van der Waals surface area contributed by atoms with Crippen LogP contribution in [0.4, 0.5) is 5.82 Å². The molecule has 0 amide bonds. The second-order valence-electron chi connectivity index (χ2n) is 4.47.